The van der Waals surface area contributed by atoms with Gasteiger partial charge in [-0.2, -0.15) is 0 Å². The summed E-state index contributed by atoms with van der Waals surface area (Å²) in [6.07, 6.45) is 7.31. The Bertz CT molecular complexity index is 1200. The van der Waals surface area contributed by atoms with E-state index in [4.69, 9.17) is 14.6 Å². The van der Waals surface area contributed by atoms with Gasteiger partial charge in [0.2, 0.25) is 5.91 Å². The lowest BCUT2D eigenvalue weighted by Gasteiger charge is -2.33. The molecule has 0 saturated heterocycles. The minimum atomic E-state index is -1.09. The van der Waals surface area contributed by atoms with Crippen LogP contribution in [0.5, 0.6) is 11.5 Å². The molecule has 2 unspecified atom stereocenters. The summed E-state index contributed by atoms with van der Waals surface area (Å²) in [6.45, 7) is 17.9. The number of hydrogen-bond donors (Lipinski definition) is 2. The molecule has 8 nitrogen and oxygen atoms in total. The summed E-state index contributed by atoms with van der Waals surface area (Å²) in [6, 6.07) is 2.77. The molecule has 0 heterocycles. The number of carboxylic acid groups (broad SMARTS) is 1. The predicted octanol–water partition coefficient (Wildman–Crippen LogP) is 7.30. The Morgan fingerprint density at radius 2 is 1.70 bits per heavy atom. The van der Waals surface area contributed by atoms with E-state index in [-0.39, 0.29) is 48.9 Å². The quantitative estimate of drug-likeness (QED) is 0.0888. The molecule has 0 aliphatic heterocycles. The highest BCUT2D eigenvalue weighted by molar-refractivity contribution is 5.87. The number of carboxylic acids is 1. The van der Waals surface area contributed by atoms with Crippen molar-refractivity contribution in [3.8, 4) is 11.5 Å². The van der Waals surface area contributed by atoms with Crippen molar-refractivity contribution in [2.75, 3.05) is 0 Å². The molecule has 0 bridgehead atoms. The van der Waals surface area contributed by atoms with Crippen LogP contribution < -0.4 is 14.8 Å². The first kappa shape index (κ1) is 35.8. The molecule has 0 spiro atoms. The maximum absolute atomic E-state index is 13.7. The zero-order valence-corrected chi connectivity index (χ0v) is 27.1. The highest BCUT2D eigenvalue weighted by Crippen LogP contribution is 2.47. The highest BCUT2D eigenvalue weighted by Gasteiger charge is 2.34. The van der Waals surface area contributed by atoms with Gasteiger partial charge in [-0.15, -0.1) is 0 Å². The van der Waals surface area contributed by atoms with Crippen molar-refractivity contribution in [3.63, 3.8) is 0 Å². The van der Waals surface area contributed by atoms with Gasteiger partial charge >= 0.3 is 17.9 Å². The minimum Gasteiger partial charge on any atom is -0.481 e. The predicted molar refractivity (Wildman–Crippen MR) is 168 cm³/mol. The molecule has 1 aliphatic rings. The summed E-state index contributed by atoms with van der Waals surface area (Å²) in [4.78, 5) is 50.2. The molecular formula is C35H51NO7. The maximum Gasteiger partial charge on any atom is 0.334 e. The van der Waals surface area contributed by atoms with Gasteiger partial charge in [0.1, 0.15) is 17.5 Å². The summed E-state index contributed by atoms with van der Waals surface area (Å²) in [5, 5.41) is 11.6. The molecule has 1 aromatic carbocycles. The average Bonchev–Trinajstić information content (AvgIpc) is 2.89. The number of carbonyl (C=O) groups is 4. The second-order valence-electron chi connectivity index (χ2n) is 12.7. The number of hydrogen-bond acceptors (Lipinski definition) is 6. The Labute approximate surface area is 257 Å². The van der Waals surface area contributed by atoms with Gasteiger partial charge < -0.3 is 19.9 Å². The number of allylic oxidation sites excluding steroid dienone is 3. The first-order valence-corrected chi connectivity index (χ1v) is 15.7. The number of amides is 1. The fraction of sp³-hybridized carbons (Fsp3) is 0.600. The lowest BCUT2D eigenvalue weighted by molar-refractivity contribution is -0.141. The van der Waals surface area contributed by atoms with Crippen molar-refractivity contribution >= 4 is 23.8 Å². The lowest BCUT2D eigenvalue weighted by Crippen LogP contribution is -2.46. The topological polar surface area (TPSA) is 119 Å². The summed E-state index contributed by atoms with van der Waals surface area (Å²) in [5.41, 5.74) is 3.69. The van der Waals surface area contributed by atoms with Crippen molar-refractivity contribution in [1.82, 2.24) is 5.32 Å². The van der Waals surface area contributed by atoms with Crippen LogP contribution in [0.3, 0.4) is 0 Å². The van der Waals surface area contributed by atoms with Crippen LogP contribution in [0.4, 0.5) is 0 Å². The Balaban J connectivity index is 2.67. The molecule has 1 aromatic rings. The third kappa shape index (κ3) is 11.3. The maximum atomic E-state index is 13.7. The van der Waals surface area contributed by atoms with Gasteiger partial charge in [0, 0.05) is 24.3 Å². The van der Waals surface area contributed by atoms with Gasteiger partial charge in [-0.05, 0) is 75.0 Å². The Kier molecular flexibility index (Phi) is 14.2. The second kappa shape index (κ2) is 17.0. The van der Waals surface area contributed by atoms with Crippen LogP contribution in [0.2, 0.25) is 0 Å². The van der Waals surface area contributed by atoms with Crippen LogP contribution in [0.15, 0.2) is 35.9 Å². The number of benzene rings is 1. The Morgan fingerprint density at radius 1 is 1.05 bits per heavy atom. The van der Waals surface area contributed by atoms with Gasteiger partial charge in [-0.1, -0.05) is 71.3 Å². The minimum absolute atomic E-state index is 0.0475. The van der Waals surface area contributed by atoms with Crippen molar-refractivity contribution < 1.29 is 33.8 Å². The monoisotopic (exact) mass is 597 g/mol. The van der Waals surface area contributed by atoms with E-state index in [1.807, 2.05) is 32.9 Å². The molecule has 3 atom stereocenters. The van der Waals surface area contributed by atoms with E-state index in [9.17, 15) is 19.2 Å². The van der Waals surface area contributed by atoms with E-state index in [2.05, 4.69) is 31.8 Å². The first-order chi connectivity index (χ1) is 20.2. The molecule has 2 rings (SSSR count). The molecule has 0 saturated carbocycles. The number of rotatable bonds is 16. The van der Waals surface area contributed by atoms with Crippen LogP contribution in [-0.4, -0.2) is 35.0 Å². The molecule has 8 heteroatoms. The molecule has 0 radical (unpaired) electrons. The second-order valence-corrected chi connectivity index (χ2v) is 12.7. The number of aryl methyl sites for hydroxylation is 1. The van der Waals surface area contributed by atoms with Crippen LogP contribution in [0.1, 0.15) is 117 Å². The zero-order chi connectivity index (χ0) is 32.3. The molecule has 1 amide bonds. The van der Waals surface area contributed by atoms with Crippen LogP contribution in [0.25, 0.3) is 0 Å². The van der Waals surface area contributed by atoms with Gasteiger partial charge in [-0.25, -0.2) is 4.79 Å². The van der Waals surface area contributed by atoms with Crippen LogP contribution in [-0.2, 0) is 25.6 Å². The fourth-order valence-corrected chi connectivity index (χ4v) is 5.42. The smallest absolute Gasteiger partial charge is 0.334 e. The zero-order valence-electron chi connectivity index (χ0n) is 27.1. The Hall–Kier alpha value is -3.42. The molecule has 2 N–H and O–H groups in total. The van der Waals surface area contributed by atoms with Gasteiger partial charge in [0.05, 0.1) is 6.42 Å². The van der Waals surface area contributed by atoms with Crippen molar-refractivity contribution in [2.45, 2.75) is 118 Å². The summed E-state index contributed by atoms with van der Waals surface area (Å²) < 4.78 is 12.2. The average molecular weight is 598 g/mol. The molecular weight excluding hydrogens is 546 g/mol. The number of unbranched alkanes of at least 4 members (excludes halogenated alkanes) is 2. The van der Waals surface area contributed by atoms with Gasteiger partial charge in [-0.3, -0.25) is 14.4 Å². The molecule has 1 aliphatic carbocycles. The highest BCUT2D eigenvalue weighted by atomic mass is 16.5. The third-order valence-corrected chi connectivity index (χ3v) is 7.76. The molecule has 0 aromatic heterocycles. The number of esters is 2. The van der Waals surface area contributed by atoms with E-state index in [1.54, 1.807) is 13.8 Å². The van der Waals surface area contributed by atoms with E-state index in [0.29, 0.717) is 17.1 Å². The summed E-state index contributed by atoms with van der Waals surface area (Å²) in [7, 11) is 0. The van der Waals surface area contributed by atoms with Crippen LogP contribution in [0, 0.1) is 17.8 Å². The number of aliphatic carboxylic acids is 1. The standard InChI is InChI=1S/C35H51NO7/c1-9-10-11-12-25-19-28(42-32(40)17-21(2)3)33(27-18-24(8)13-14-26(27)22(4)5)29(20-25)43-35(41)34(23(6)7)36-30(37)15-16-31(38)39/h18-21,23,26-27,34H,4,9-17H2,1-3,5-8H3,(H,36,37)(H,38,39)/t26?,27?,34-/m0/s1. The summed E-state index contributed by atoms with van der Waals surface area (Å²) >= 11 is 0. The van der Waals surface area contributed by atoms with Gasteiger partial charge in [0.25, 0.3) is 0 Å². The molecule has 238 valence electrons. The Morgan fingerprint density at radius 3 is 2.26 bits per heavy atom. The van der Waals surface area contributed by atoms with Gasteiger partial charge in [0.15, 0.2) is 0 Å². The van der Waals surface area contributed by atoms with Crippen molar-refractivity contribution in [3.05, 3.63) is 47.1 Å². The van der Waals surface area contributed by atoms with E-state index in [1.165, 1.54) is 5.57 Å². The summed E-state index contributed by atoms with van der Waals surface area (Å²) in [5.74, 6) is -2.35. The number of nitrogens with one attached hydrogen (secondary N) is 1. The molecule has 43 heavy (non-hydrogen) atoms. The third-order valence-electron chi connectivity index (χ3n) is 7.76. The SMILES string of the molecule is C=C(C)C1CCC(C)=CC1c1c(OC(=O)CC(C)C)cc(CCCCC)cc1OC(=O)[C@@H](NC(=O)CCC(=O)O)C(C)C. The molecule has 0 fully saturated rings. The number of carbonyl (C=O) groups excluding carboxylic acids is 3. The van der Waals surface area contributed by atoms with Crippen molar-refractivity contribution in [1.29, 1.82) is 0 Å². The fourth-order valence-electron chi connectivity index (χ4n) is 5.42. The van der Waals surface area contributed by atoms with Crippen LogP contribution >= 0.6 is 0 Å². The number of ether oxygens (including phenoxy) is 2. The van der Waals surface area contributed by atoms with E-state index < -0.39 is 23.9 Å². The van der Waals surface area contributed by atoms with E-state index in [0.717, 1.165) is 49.7 Å². The van der Waals surface area contributed by atoms with E-state index >= 15 is 0 Å². The lowest BCUT2D eigenvalue weighted by atomic mass is 9.73. The largest absolute Gasteiger partial charge is 0.481 e. The first-order valence-electron chi connectivity index (χ1n) is 15.7. The van der Waals surface area contributed by atoms with Crippen molar-refractivity contribution in [2.24, 2.45) is 17.8 Å². The normalized spacial score (nSPS) is 17.3.